The molecule has 0 saturated carbocycles. The van der Waals surface area contributed by atoms with E-state index in [4.69, 9.17) is 0 Å². The minimum atomic E-state index is 0.205. The molecule has 0 aromatic heterocycles. The van der Waals surface area contributed by atoms with E-state index in [0.29, 0.717) is 18.5 Å². The molecule has 3 nitrogen and oxygen atoms in total. The molecule has 2 N–H and O–H groups in total. The lowest BCUT2D eigenvalue weighted by Gasteiger charge is -2.20. The Hall–Kier alpha value is -0.830. The van der Waals surface area contributed by atoms with Crippen LogP contribution in [0.1, 0.15) is 32.1 Å². The van der Waals surface area contributed by atoms with Crippen molar-refractivity contribution in [1.29, 1.82) is 0 Å². The third-order valence-corrected chi connectivity index (χ3v) is 2.97. The summed E-state index contributed by atoms with van der Waals surface area (Å²) in [6, 6.07) is 0.888. The van der Waals surface area contributed by atoms with Crippen LogP contribution in [0.25, 0.3) is 0 Å². The molecule has 0 aromatic carbocycles. The summed E-state index contributed by atoms with van der Waals surface area (Å²) in [4.78, 5) is 11.0. The van der Waals surface area contributed by atoms with Gasteiger partial charge in [-0.1, -0.05) is 12.2 Å². The molecule has 2 unspecified atom stereocenters. The van der Waals surface area contributed by atoms with Crippen LogP contribution in [0.2, 0.25) is 0 Å². The molecule has 2 aliphatic rings. The first-order chi connectivity index (χ1) is 6.84. The normalized spacial score (nSPS) is 31.9. The molecule has 1 amide bonds. The maximum absolute atomic E-state index is 11.0. The van der Waals surface area contributed by atoms with Gasteiger partial charge in [0.15, 0.2) is 0 Å². The minimum Gasteiger partial charge on any atom is -0.352 e. The third-order valence-electron chi connectivity index (χ3n) is 2.97. The first-order valence-corrected chi connectivity index (χ1v) is 5.54. The maximum Gasteiger partial charge on any atom is 0.220 e. The summed E-state index contributed by atoms with van der Waals surface area (Å²) >= 11 is 0. The highest BCUT2D eigenvalue weighted by molar-refractivity contribution is 5.78. The predicted octanol–water partition coefficient (Wildman–Crippen LogP) is 0.963. The van der Waals surface area contributed by atoms with E-state index in [9.17, 15) is 4.79 Å². The van der Waals surface area contributed by atoms with Crippen molar-refractivity contribution in [1.82, 2.24) is 10.6 Å². The van der Waals surface area contributed by atoms with Gasteiger partial charge in [-0.25, -0.2) is 0 Å². The van der Waals surface area contributed by atoms with Crippen molar-refractivity contribution in [2.45, 2.75) is 44.2 Å². The fourth-order valence-electron chi connectivity index (χ4n) is 2.11. The predicted molar refractivity (Wildman–Crippen MR) is 55.9 cm³/mol. The van der Waals surface area contributed by atoms with Gasteiger partial charge >= 0.3 is 0 Å². The molecular weight excluding hydrogens is 176 g/mol. The molecule has 0 spiro atoms. The number of carbonyl (C=O) groups is 1. The largest absolute Gasteiger partial charge is 0.352 e. The van der Waals surface area contributed by atoms with Gasteiger partial charge in [0.1, 0.15) is 0 Å². The SMILES string of the molecule is O=C1CCC(CNC2C=CCCC2)N1. The van der Waals surface area contributed by atoms with E-state index < -0.39 is 0 Å². The van der Waals surface area contributed by atoms with Gasteiger partial charge in [0, 0.05) is 25.0 Å². The van der Waals surface area contributed by atoms with Crippen LogP contribution in [0.15, 0.2) is 12.2 Å². The molecule has 2 atom stereocenters. The molecule has 1 saturated heterocycles. The summed E-state index contributed by atoms with van der Waals surface area (Å²) in [5.74, 6) is 0.205. The monoisotopic (exact) mass is 194 g/mol. The molecule has 0 radical (unpaired) electrons. The molecule has 1 aliphatic carbocycles. The average molecular weight is 194 g/mol. The summed E-state index contributed by atoms with van der Waals surface area (Å²) in [6.45, 7) is 0.917. The molecule has 1 heterocycles. The maximum atomic E-state index is 11.0. The van der Waals surface area contributed by atoms with E-state index in [1.165, 1.54) is 19.3 Å². The van der Waals surface area contributed by atoms with Crippen LogP contribution in [-0.2, 0) is 4.79 Å². The molecular formula is C11H18N2O. The van der Waals surface area contributed by atoms with Crippen molar-refractivity contribution in [3.05, 3.63) is 12.2 Å². The fourth-order valence-corrected chi connectivity index (χ4v) is 2.11. The van der Waals surface area contributed by atoms with Crippen LogP contribution >= 0.6 is 0 Å². The Labute approximate surface area is 84.9 Å². The second-order valence-electron chi connectivity index (χ2n) is 4.18. The van der Waals surface area contributed by atoms with E-state index in [0.717, 1.165) is 13.0 Å². The lowest BCUT2D eigenvalue weighted by atomic mass is 10.0. The van der Waals surface area contributed by atoms with E-state index in [1.54, 1.807) is 0 Å². The summed E-state index contributed by atoms with van der Waals surface area (Å²) < 4.78 is 0. The Morgan fingerprint density at radius 2 is 2.43 bits per heavy atom. The Morgan fingerprint density at radius 3 is 3.07 bits per heavy atom. The molecule has 2 rings (SSSR count). The second kappa shape index (κ2) is 4.60. The zero-order chi connectivity index (χ0) is 9.80. The van der Waals surface area contributed by atoms with Gasteiger partial charge in [-0.15, -0.1) is 0 Å². The summed E-state index contributed by atoms with van der Waals surface area (Å²) in [5.41, 5.74) is 0. The molecule has 1 aliphatic heterocycles. The Balaban J connectivity index is 1.69. The number of nitrogens with one attached hydrogen (secondary N) is 2. The molecule has 14 heavy (non-hydrogen) atoms. The van der Waals surface area contributed by atoms with Crippen LogP contribution in [0.4, 0.5) is 0 Å². The topological polar surface area (TPSA) is 41.1 Å². The zero-order valence-electron chi connectivity index (χ0n) is 8.46. The molecule has 78 valence electrons. The van der Waals surface area contributed by atoms with Crippen molar-refractivity contribution in [3.63, 3.8) is 0 Å². The van der Waals surface area contributed by atoms with Crippen LogP contribution < -0.4 is 10.6 Å². The first kappa shape index (κ1) is 9.71. The minimum absolute atomic E-state index is 0.205. The third kappa shape index (κ3) is 2.58. The number of carbonyl (C=O) groups excluding carboxylic acids is 1. The van der Waals surface area contributed by atoms with Gasteiger partial charge in [-0.05, 0) is 25.7 Å². The Morgan fingerprint density at radius 1 is 1.50 bits per heavy atom. The lowest BCUT2D eigenvalue weighted by Crippen LogP contribution is -2.40. The number of rotatable bonds is 3. The lowest BCUT2D eigenvalue weighted by molar-refractivity contribution is -0.119. The summed E-state index contributed by atoms with van der Waals surface area (Å²) in [6.07, 6.45) is 9.92. The van der Waals surface area contributed by atoms with Crippen LogP contribution in [0.3, 0.4) is 0 Å². The van der Waals surface area contributed by atoms with E-state index in [1.807, 2.05) is 0 Å². The standard InChI is InChI=1S/C11H18N2O/c14-11-7-6-10(13-11)8-12-9-4-2-1-3-5-9/h2,4,9-10,12H,1,3,5-8H2,(H,13,14). The van der Waals surface area contributed by atoms with Crippen molar-refractivity contribution in [3.8, 4) is 0 Å². The van der Waals surface area contributed by atoms with Gasteiger partial charge in [-0.2, -0.15) is 0 Å². The van der Waals surface area contributed by atoms with E-state index in [-0.39, 0.29) is 5.91 Å². The second-order valence-corrected chi connectivity index (χ2v) is 4.18. The van der Waals surface area contributed by atoms with E-state index in [2.05, 4.69) is 22.8 Å². The average Bonchev–Trinajstić information content (AvgIpc) is 2.63. The van der Waals surface area contributed by atoms with Gasteiger partial charge in [0.2, 0.25) is 5.91 Å². The van der Waals surface area contributed by atoms with Crippen LogP contribution in [0, 0.1) is 0 Å². The number of amides is 1. The van der Waals surface area contributed by atoms with Gasteiger partial charge in [0.25, 0.3) is 0 Å². The van der Waals surface area contributed by atoms with Gasteiger partial charge < -0.3 is 10.6 Å². The summed E-state index contributed by atoms with van der Waals surface area (Å²) in [5, 5.41) is 6.45. The molecule has 0 bridgehead atoms. The van der Waals surface area contributed by atoms with Crippen molar-refractivity contribution in [2.24, 2.45) is 0 Å². The number of hydrogen-bond acceptors (Lipinski definition) is 2. The Bertz CT molecular complexity index is 237. The van der Waals surface area contributed by atoms with Crippen molar-refractivity contribution in [2.75, 3.05) is 6.54 Å². The van der Waals surface area contributed by atoms with E-state index >= 15 is 0 Å². The fraction of sp³-hybridized carbons (Fsp3) is 0.727. The zero-order valence-corrected chi connectivity index (χ0v) is 8.46. The van der Waals surface area contributed by atoms with Crippen molar-refractivity contribution >= 4 is 5.91 Å². The van der Waals surface area contributed by atoms with Crippen molar-refractivity contribution < 1.29 is 4.79 Å². The van der Waals surface area contributed by atoms with Gasteiger partial charge in [-0.3, -0.25) is 4.79 Å². The Kier molecular flexibility index (Phi) is 3.19. The first-order valence-electron chi connectivity index (χ1n) is 5.54. The highest BCUT2D eigenvalue weighted by Gasteiger charge is 2.20. The smallest absolute Gasteiger partial charge is 0.220 e. The van der Waals surface area contributed by atoms with Crippen LogP contribution in [0.5, 0.6) is 0 Å². The highest BCUT2D eigenvalue weighted by atomic mass is 16.1. The molecule has 0 aromatic rings. The quantitative estimate of drug-likeness (QED) is 0.657. The molecule has 3 heteroatoms. The number of allylic oxidation sites excluding steroid dienone is 1. The summed E-state index contributed by atoms with van der Waals surface area (Å²) in [7, 11) is 0. The highest BCUT2D eigenvalue weighted by Crippen LogP contribution is 2.11. The van der Waals surface area contributed by atoms with Gasteiger partial charge in [0.05, 0.1) is 0 Å². The van der Waals surface area contributed by atoms with Crippen LogP contribution in [-0.4, -0.2) is 24.5 Å². The molecule has 1 fully saturated rings. The number of hydrogen-bond donors (Lipinski definition) is 2.